The Morgan fingerprint density at radius 3 is 2.52 bits per heavy atom. The number of amides is 1. The van der Waals surface area contributed by atoms with Crippen molar-refractivity contribution >= 4 is 17.9 Å². The molecule has 1 fully saturated rings. The summed E-state index contributed by atoms with van der Waals surface area (Å²) in [4.78, 5) is 12.1. The van der Waals surface area contributed by atoms with Crippen LogP contribution >= 0.6 is 11.8 Å². The van der Waals surface area contributed by atoms with Crippen molar-refractivity contribution in [1.29, 1.82) is 0 Å². The zero-order valence-electron chi connectivity index (χ0n) is 14.3. The Labute approximate surface area is 143 Å². The van der Waals surface area contributed by atoms with Gasteiger partial charge in [0.15, 0.2) is 0 Å². The van der Waals surface area contributed by atoms with Gasteiger partial charge in [-0.2, -0.15) is 11.8 Å². The summed E-state index contributed by atoms with van der Waals surface area (Å²) < 4.78 is 5.40. The van der Waals surface area contributed by atoms with Crippen molar-refractivity contribution < 1.29 is 9.53 Å². The first-order chi connectivity index (χ1) is 10.9. The number of alkyl carbamates (subject to hydrolysis) is 1. The lowest BCUT2D eigenvalue weighted by Gasteiger charge is -2.27. The fourth-order valence-electron chi connectivity index (χ4n) is 2.57. The minimum Gasteiger partial charge on any atom is -0.444 e. The number of hydrogen-bond acceptors (Lipinski definition) is 4. The predicted octanol–water partition coefficient (Wildman–Crippen LogP) is 3.74. The van der Waals surface area contributed by atoms with E-state index in [4.69, 9.17) is 4.74 Å². The van der Waals surface area contributed by atoms with Crippen LogP contribution < -0.4 is 10.6 Å². The standard InChI is InChI=1S/C18H28N2O2S/c1-18(2,3)22-17(21)20-16(14-7-5-4-6-8-14)13-19-15-9-11-23-12-10-15/h4-8,15-16,19H,9-13H2,1-3H3,(H,20,21). The Morgan fingerprint density at radius 2 is 1.91 bits per heavy atom. The maximum atomic E-state index is 12.1. The lowest BCUT2D eigenvalue weighted by atomic mass is 10.1. The van der Waals surface area contributed by atoms with Crippen molar-refractivity contribution in [3.8, 4) is 0 Å². The Morgan fingerprint density at radius 1 is 1.26 bits per heavy atom. The molecule has 1 aromatic rings. The first-order valence-electron chi connectivity index (χ1n) is 8.29. The van der Waals surface area contributed by atoms with Crippen LogP contribution in [0.5, 0.6) is 0 Å². The number of carbonyl (C=O) groups is 1. The smallest absolute Gasteiger partial charge is 0.408 e. The third-order valence-corrected chi connectivity index (χ3v) is 4.77. The van der Waals surface area contributed by atoms with Gasteiger partial charge in [0.25, 0.3) is 0 Å². The van der Waals surface area contributed by atoms with E-state index in [1.807, 2.05) is 62.9 Å². The summed E-state index contributed by atoms with van der Waals surface area (Å²) in [5.74, 6) is 2.43. The number of benzene rings is 1. The molecule has 5 heteroatoms. The summed E-state index contributed by atoms with van der Waals surface area (Å²) in [5, 5.41) is 6.61. The molecule has 23 heavy (non-hydrogen) atoms. The summed E-state index contributed by atoms with van der Waals surface area (Å²) in [7, 11) is 0. The van der Waals surface area contributed by atoms with Gasteiger partial charge in [0.05, 0.1) is 6.04 Å². The van der Waals surface area contributed by atoms with Crippen molar-refractivity contribution in [3.05, 3.63) is 35.9 Å². The molecule has 0 bridgehead atoms. The number of thioether (sulfide) groups is 1. The molecule has 1 saturated heterocycles. The van der Waals surface area contributed by atoms with E-state index in [-0.39, 0.29) is 12.1 Å². The molecule has 2 rings (SSSR count). The van der Waals surface area contributed by atoms with Gasteiger partial charge in [-0.15, -0.1) is 0 Å². The molecule has 1 aliphatic rings. The monoisotopic (exact) mass is 336 g/mol. The van der Waals surface area contributed by atoms with Gasteiger partial charge in [0, 0.05) is 12.6 Å². The van der Waals surface area contributed by atoms with E-state index in [1.54, 1.807) is 0 Å². The van der Waals surface area contributed by atoms with E-state index >= 15 is 0 Å². The normalized spacial score (nSPS) is 17.5. The minimum atomic E-state index is -0.487. The molecule has 1 heterocycles. The number of nitrogens with one attached hydrogen (secondary N) is 2. The van der Waals surface area contributed by atoms with Crippen LogP contribution in [0, 0.1) is 0 Å². The lowest BCUT2D eigenvalue weighted by molar-refractivity contribution is 0.0502. The van der Waals surface area contributed by atoms with Crippen molar-refractivity contribution in [2.75, 3.05) is 18.1 Å². The Balaban J connectivity index is 1.96. The third-order valence-electron chi connectivity index (χ3n) is 3.72. The maximum absolute atomic E-state index is 12.1. The van der Waals surface area contributed by atoms with E-state index in [0.29, 0.717) is 6.04 Å². The summed E-state index contributed by atoms with van der Waals surface area (Å²) in [5.41, 5.74) is 0.607. The van der Waals surface area contributed by atoms with Crippen LogP contribution in [0.3, 0.4) is 0 Å². The largest absolute Gasteiger partial charge is 0.444 e. The zero-order chi connectivity index (χ0) is 16.7. The average Bonchev–Trinajstić information content (AvgIpc) is 2.51. The Hall–Kier alpha value is -1.20. The Kier molecular flexibility index (Phi) is 6.78. The molecule has 1 atom stereocenters. The number of ether oxygens (including phenoxy) is 1. The van der Waals surface area contributed by atoms with E-state index in [9.17, 15) is 4.79 Å². The van der Waals surface area contributed by atoms with Crippen molar-refractivity contribution in [3.63, 3.8) is 0 Å². The lowest BCUT2D eigenvalue weighted by Crippen LogP contribution is -2.42. The molecular weight excluding hydrogens is 308 g/mol. The topological polar surface area (TPSA) is 50.4 Å². The fourth-order valence-corrected chi connectivity index (χ4v) is 3.68. The number of rotatable bonds is 5. The van der Waals surface area contributed by atoms with Gasteiger partial charge in [-0.25, -0.2) is 4.79 Å². The van der Waals surface area contributed by atoms with Crippen LogP contribution in [0.1, 0.15) is 45.2 Å². The molecule has 2 N–H and O–H groups in total. The van der Waals surface area contributed by atoms with Crippen LogP contribution in [-0.2, 0) is 4.74 Å². The second kappa shape index (κ2) is 8.60. The third kappa shape index (κ3) is 6.83. The molecule has 0 radical (unpaired) electrons. The summed E-state index contributed by atoms with van der Waals surface area (Å²) in [6.45, 7) is 6.35. The van der Waals surface area contributed by atoms with E-state index in [2.05, 4.69) is 10.6 Å². The zero-order valence-corrected chi connectivity index (χ0v) is 15.1. The number of hydrogen-bond donors (Lipinski definition) is 2. The fraction of sp³-hybridized carbons (Fsp3) is 0.611. The highest BCUT2D eigenvalue weighted by Crippen LogP contribution is 2.19. The number of carbonyl (C=O) groups excluding carboxylic acids is 1. The summed E-state index contributed by atoms with van der Waals surface area (Å²) in [6.07, 6.45) is 2.02. The van der Waals surface area contributed by atoms with Gasteiger partial charge in [-0.3, -0.25) is 0 Å². The van der Waals surface area contributed by atoms with Crippen LogP contribution in [0.25, 0.3) is 0 Å². The first kappa shape index (κ1) is 18.1. The molecule has 128 valence electrons. The van der Waals surface area contributed by atoms with Gasteiger partial charge in [0.2, 0.25) is 0 Å². The van der Waals surface area contributed by atoms with Gasteiger partial charge in [-0.05, 0) is 50.7 Å². The second-order valence-electron chi connectivity index (χ2n) is 6.90. The highest BCUT2D eigenvalue weighted by molar-refractivity contribution is 7.99. The molecule has 0 saturated carbocycles. The van der Waals surface area contributed by atoms with Crippen molar-refractivity contribution in [2.45, 2.75) is 51.3 Å². The summed E-state index contributed by atoms with van der Waals surface area (Å²) >= 11 is 2.02. The van der Waals surface area contributed by atoms with Crippen LogP contribution in [0.4, 0.5) is 4.79 Å². The molecule has 1 aliphatic heterocycles. The molecule has 1 amide bonds. The highest BCUT2D eigenvalue weighted by atomic mass is 32.2. The van der Waals surface area contributed by atoms with Gasteiger partial charge in [-0.1, -0.05) is 30.3 Å². The minimum absolute atomic E-state index is 0.0828. The maximum Gasteiger partial charge on any atom is 0.408 e. The van der Waals surface area contributed by atoms with Crippen molar-refractivity contribution in [2.24, 2.45) is 0 Å². The SMILES string of the molecule is CC(C)(C)OC(=O)NC(CNC1CCSCC1)c1ccccc1. The van der Waals surface area contributed by atoms with Crippen LogP contribution in [0.2, 0.25) is 0 Å². The van der Waals surface area contributed by atoms with E-state index in [0.717, 1.165) is 12.1 Å². The second-order valence-corrected chi connectivity index (χ2v) is 8.13. The van der Waals surface area contributed by atoms with E-state index < -0.39 is 5.60 Å². The Bertz CT molecular complexity index is 482. The van der Waals surface area contributed by atoms with E-state index in [1.165, 1.54) is 24.3 Å². The molecule has 0 spiro atoms. The molecular formula is C18H28N2O2S. The average molecular weight is 337 g/mol. The first-order valence-corrected chi connectivity index (χ1v) is 9.45. The molecule has 4 nitrogen and oxygen atoms in total. The predicted molar refractivity (Wildman–Crippen MR) is 96.9 cm³/mol. The molecule has 0 aliphatic carbocycles. The van der Waals surface area contributed by atoms with Crippen LogP contribution in [0.15, 0.2) is 30.3 Å². The summed E-state index contributed by atoms with van der Waals surface area (Å²) in [6, 6.07) is 10.5. The van der Waals surface area contributed by atoms with Gasteiger partial charge in [0.1, 0.15) is 5.60 Å². The van der Waals surface area contributed by atoms with Crippen LogP contribution in [-0.4, -0.2) is 35.8 Å². The van der Waals surface area contributed by atoms with Crippen molar-refractivity contribution in [1.82, 2.24) is 10.6 Å². The van der Waals surface area contributed by atoms with Gasteiger partial charge >= 0.3 is 6.09 Å². The molecule has 0 aromatic heterocycles. The van der Waals surface area contributed by atoms with Gasteiger partial charge < -0.3 is 15.4 Å². The molecule has 1 aromatic carbocycles. The highest BCUT2D eigenvalue weighted by Gasteiger charge is 2.22. The quantitative estimate of drug-likeness (QED) is 0.860. The molecule has 1 unspecified atom stereocenters.